The maximum absolute atomic E-state index is 8.88. The molecule has 1 aromatic rings. The molecule has 0 heterocycles. The van der Waals surface area contributed by atoms with E-state index in [0.717, 1.165) is 5.56 Å². The molecule has 10 heavy (non-hydrogen) atoms. The number of rotatable bonds is 1. The quantitative estimate of drug-likeness (QED) is 0.619. The second-order valence-electron chi connectivity index (χ2n) is 2.25. The van der Waals surface area contributed by atoms with Crippen LogP contribution >= 0.6 is 11.6 Å². The van der Waals surface area contributed by atoms with E-state index in [-0.39, 0.29) is 0 Å². The Morgan fingerprint density at radius 1 is 1.30 bits per heavy atom. The Labute approximate surface area is 65.3 Å². The molecule has 0 aliphatic rings. The van der Waals surface area contributed by atoms with Crippen LogP contribution in [0.25, 0.3) is 0 Å². The first-order chi connectivity index (χ1) is 4.70. The molecule has 1 rings (SSSR count). The molecule has 54 valence electrons. The van der Waals surface area contributed by atoms with Crippen molar-refractivity contribution >= 4 is 11.6 Å². The minimum Gasteiger partial charge on any atom is -0.373 e. The third-order valence-corrected chi connectivity index (χ3v) is 1.60. The van der Waals surface area contributed by atoms with Gasteiger partial charge in [-0.2, -0.15) is 0 Å². The molecule has 0 fully saturated rings. The summed E-state index contributed by atoms with van der Waals surface area (Å²) < 4.78 is 0. The second kappa shape index (κ2) is 3.04. The zero-order valence-electron chi connectivity index (χ0n) is 5.71. The van der Waals surface area contributed by atoms with Gasteiger partial charge in [-0.1, -0.05) is 41.4 Å². The number of benzene rings is 1. The van der Waals surface area contributed by atoms with Gasteiger partial charge >= 0.3 is 0 Å². The first-order valence-electron chi connectivity index (χ1n) is 3.09. The highest BCUT2D eigenvalue weighted by Gasteiger charge is 1.99. The van der Waals surface area contributed by atoms with E-state index in [1.54, 1.807) is 0 Å². The summed E-state index contributed by atoms with van der Waals surface area (Å²) in [7, 11) is 0. The molecule has 0 saturated carbocycles. The van der Waals surface area contributed by atoms with Gasteiger partial charge in [0.15, 0.2) is 5.56 Å². The van der Waals surface area contributed by atoms with E-state index >= 15 is 0 Å². The third kappa shape index (κ3) is 1.72. The van der Waals surface area contributed by atoms with E-state index in [9.17, 15) is 0 Å². The van der Waals surface area contributed by atoms with Crippen LogP contribution < -0.4 is 0 Å². The van der Waals surface area contributed by atoms with Crippen LogP contribution in [0.2, 0.25) is 0 Å². The van der Waals surface area contributed by atoms with Crippen LogP contribution in [-0.4, -0.2) is 5.11 Å². The number of halogens is 1. The van der Waals surface area contributed by atoms with Crippen molar-refractivity contribution in [1.82, 2.24) is 0 Å². The van der Waals surface area contributed by atoms with Gasteiger partial charge in [-0.25, -0.2) is 0 Å². The van der Waals surface area contributed by atoms with Gasteiger partial charge in [0.25, 0.3) is 0 Å². The standard InChI is InChI=1S/C8H9ClO/c1-6-2-4-7(5-3-6)8(9)10/h2-5,8,10H,1H3. The number of aliphatic hydroxyl groups is 1. The molecule has 1 N–H and O–H groups in total. The molecule has 0 saturated heterocycles. The smallest absolute Gasteiger partial charge is 0.153 e. The topological polar surface area (TPSA) is 20.2 Å². The highest BCUT2D eigenvalue weighted by atomic mass is 35.5. The van der Waals surface area contributed by atoms with E-state index < -0.39 is 5.56 Å². The summed E-state index contributed by atoms with van der Waals surface area (Å²) in [6, 6.07) is 7.46. The Morgan fingerprint density at radius 3 is 2.20 bits per heavy atom. The van der Waals surface area contributed by atoms with Crippen molar-refractivity contribution in [3.8, 4) is 0 Å². The lowest BCUT2D eigenvalue weighted by atomic mass is 10.2. The Kier molecular flexibility index (Phi) is 2.30. The summed E-state index contributed by atoms with van der Waals surface area (Å²) in [5.74, 6) is 0. The Hall–Kier alpha value is -0.530. The number of alkyl halides is 1. The first kappa shape index (κ1) is 7.58. The molecule has 0 aromatic heterocycles. The third-order valence-electron chi connectivity index (χ3n) is 1.35. The van der Waals surface area contributed by atoms with Crippen LogP contribution in [0.1, 0.15) is 16.7 Å². The van der Waals surface area contributed by atoms with E-state index in [4.69, 9.17) is 16.7 Å². The monoisotopic (exact) mass is 156 g/mol. The number of hydrogen-bond acceptors (Lipinski definition) is 1. The molecule has 1 unspecified atom stereocenters. The number of aliphatic hydroxyl groups excluding tert-OH is 1. The Morgan fingerprint density at radius 2 is 1.80 bits per heavy atom. The van der Waals surface area contributed by atoms with Gasteiger partial charge in [-0.3, -0.25) is 0 Å². The predicted octanol–water partition coefficient (Wildman–Crippen LogP) is 2.22. The lowest BCUT2D eigenvalue weighted by molar-refractivity contribution is 0.263. The molecule has 0 spiro atoms. The van der Waals surface area contributed by atoms with Gasteiger partial charge < -0.3 is 5.11 Å². The SMILES string of the molecule is Cc1ccc(C(O)Cl)cc1. The Balaban J connectivity index is 2.89. The summed E-state index contributed by atoms with van der Waals surface area (Å²) >= 11 is 5.41. The lowest BCUT2D eigenvalue weighted by Gasteiger charge is -2.00. The molecule has 1 aromatic carbocycles. The summed E-state index contributed by atoms with van der Waals surface area (Å²) in [5.41, 5.74) is 1.04. The highest BCUT2D eigenvalue weighted by Crippen LogP contribution is 2.16. The summed E-state index contributed by atoms with van der Waals surface area (Å²) in [6.07, 6.45) is 0. The molecule has 1 atom stereocenters. The van der Waals surface area contributed by atoms with Crippen LogP contribution in [0.3, 0.4) is 0 Å². The zero-order valence-corrected chi connectivity index (χ0v) is 6.47. The van der Waals surface area contributed by atoms with Crippen LogP contribution in [-0.2, 0) is 0 Å². The van der Waals surface area contributed by atoms with E-state index in [1.807, 2.05) is 31.2 Å². The number of aryl methyl sites for hydroxylation is 1. The first-order valence-corrected chi connectivity index (χ1v) is 3.52. The van der Waals surface area contributed by atoms with Crippen LogP contribution in [0.4, 0.5) is 0 Å². The minimum absolute atomic E-state index is 0.743. The minimum atomic E-state index is -0.874. The highest BCUT2D eigenvalue weighted by molar-refractivity contribution is 6.19. The average molecular weight is 157 g/mol. The van der Waals surface area contributed by atoms with Gasteiger partial charge in [0.2, 0.25) is 0 Å². The van der Waals surface area contributed by atoms with Crippen molar-refractivity contribution in [3.63, 3.8) is 0 Å². The van der Waals surface area contributed by atoms with Gasteiger partial charge in [0, 0.05) is 0 Å². The van der Waals surface area contributed by atoms with Crippen molar-refractivity contribution in [2.75, 3.05) is 0 Å². The molecule has 0 amide bonds. The summed E-state index contributed by atoms with van der Waals surface area (Å²) in [6.45, 7) is 1.99. The maximum Gasteiger partial charge on any atom is 0.153 e. The van der Waals surface area contributed by atoms with Gasteiger partial charge in [0.1, 0.15) is 0 Å². The van der Waals surface area contributed by atoms with Crippen molar-refractivity contribution < 1.29 is 5.11 Å². The predicted molar refractivity (Wildman–Crippen MR) is 42.0 cm³/mol. The average Bonchev–Trinajstić information content (AvgIpc) is 1.88. The summed E-state index contributed by atoms with van der Waals surface area (Å²) in [4.78, 5) is 0. The van der Waals surface area contributed by atoms with Crippen molar-refractivity contribution in [1.29, 1.82) is 0 Å². The maximum atomic E-state index is 8.88. The number of hydrogen-bond donors (Lipinski definition) is 1. The fourth-order valence-corrected chi connectivity index (χ4v) is 0.871. The molecule has 0 aliphatic heterocycles. The Bertz CT molecular complexity index is 203. The van der Waals surface area contributed by atoms with Crippen molar-refractivity contribution in [3.05, 3.63) is 35.4 Å². The van der Waals surface area contributed by atoms with Crippen LogP contribution in [0, 0.1) is 6.92 Å². The lowest BCUT2D eigenvalue weighted by Crippen LogP contribution is -1.86. The van der Waals surface area contributed by atoms with E-state index in [0.29, 0.717) is 0 Å². The molecular formula is C8H9ClO. The second-order valence-corrected chi connectivity index (χ2v) is 2.66. The normalized spacial score (nSPS) is 13.1. The summed E-state index contributed by atoms with van der Waals surface area (Å²) in [5, 5.41) is 8.88. The van der Waals surface area contributed by atoms with Crippen molar-refractivity contribution in [2.45, 2.75) is 12.5 Å². The van der Waals surface area contributed by atoms with Gasteiger partial charge in [-0.05, 0) is 12.5 Å². The van der Waals surface area contributed by atoms with Gasteiger partial charge in [-0.15, -0.1) is 0 Å². The van der Waals surface area contributed by atoms with Crippen LogP contribution in [0.5, 0.6) is 0 Å². The van der Waals surface area contributed by atoms with Gasteiger partial charge in [0.05, 0.1) is 0 Å². The molecule has 2 heteroatoms. The largest absolute Gasteiger partial charge is 0.373 e. The molecular weight excluding hydrogens is 148 g/mol. The van der Waals surface area contributed by atoms with Crippen LogP contribution in [0.15, 0.2) is 24.3 Å². The molecule has 0 aliphatic carbocycles. The van der Waals surface area contributed by atoms with Crippen molar-refractivity contribution in [2.24, 2.45) is 0 Å². The van der Waals surface area contributed by atoms with E-state index in [1.165, 1.54) is 5.56 Å². The molecule has 1 nitrogen and oxygen atoms in total. The zero-order chi connectivity index (χ0) is 7.56. The fourth-order valence-electron chi connectivity index (χ4n) is 0.725. The van der Waals surface area contributed by atoms with E-state index in [2.05, 4.69) is 0 Å². The fraction of sp³-hybridized carbons (Fsp3) is 0.250. The molecule has 0 radical (unpaired) electrons. The molecule has 0 bridgehead atoms.